The van der Waals surface area contributed by atoms with Crippen LogP contribution < -0.4 is 0 Å². The first-order chi connectivity index (χ1) is 9.42. The smallest absolute Gasteiger partial charge is 0.110 e. The van der Waals surface area contributed by atoms with Gasteiger partial charge in [0.1, 0.15) is 5.82 Å². The Morgan fingerprint density at radius 2 is 1.89 bits per heavy atom. The van der Waals surface area contributed by atoms with Crippen LogP contribution in [-0.2, 0) is 0 Å². The van der Waals surface area contributed by atoms with Gasteiger partial charge in [0, 0.05) is 18.2 Å². The van der Waals surface area contributed by atoms with Crippen molar-refractivity contribution in [1.29, 1.82) is 0 Å². The summed E-state index contributed by atoms with van der Waals surface area (Å²) >= 11 is 0. The van der Waals surface area contributed by atoms with Crippen molar-refractivity contribution in [3.05, 3.63) is 48.8 Å². The third kappa shape index (κ3) is 3.25. The molecule has 1 aliphatic rings. The summed E-state index contributed by atoms with van der Waals surface area (Å²) in [5, 5.41) is 0. The molecule has 1 aromatic carbocycles. The molecule has 0 amide bonds. The summed E-state index contributed by atoms with van der Waals surface area (Å²) in [6, 6.07) is 10.3. The molecule has 0 bridgehead atoms. The van der Waals surface area contributed by atoms with Crippen LogP contribution in [0.3, 0.4) is 0 Å². The van der Waals surface area contributed by atoms with Crippen LogP contribution in [0.15, 0.2) is 36.5 Å². The Kier molecular flexibility index (Phi) is 3.97. The lowest BCUT2D eigenvalue weighted by Gasteiger charge is -2.20. The van der Waals surface area contributed by atoms with E-state index in [4.69, 9.17) is 0 Å². The number of nitrogens with zero attached hydrogens (tertiary/aromatic N) is 1. The predicted octanol–water partition coefficient (Wildman–Crippen LogP) is 4.60. The number of imidazole rings is 1. The molecule has 0 atom stereocenters. The zero-order valence-electron chi connectivity index (χ0n) is 11.3. The minimum Gasteiger partial charge on any atom is -0.348 e. The Hall–Kier alpha value is -1.57. The third-order valence-electron chi connectivity index (χ3n) is 4.04. The second-order valence-corrected chi connectivity index (χ2v) is 5.48. The highest BCUT2D eigenvalue weighted by Gasteiger charge is 2.14. The third-order valence-corrected chi connectivity index (χ3v) is 4.04. The first-order valence-corrected chi connectivity index (χ1v) is 7.36. The SMILES string of the molecule is [CH](CC1CCCCC1)c1nc(-c2ccccc2)c[nH]1. The van der Waals surface area contributed by atoms with E-state index in [2.05, 4.69) is 40.7 Å². The van der Waals surface area contributed by atoms with Gasteiger partial charge in [-0.25, -0.2) is 4.98 Å². The molecule has 99 valence electrons. The van der Waals surface area contributed by atoms with Gasteiger partial charge in [-0.3, -0.25) is 0 Å². The van der Waals surface area contributed by atoms with Crippen LogP contribution in [0.4, 0.5) is 0 Å². The van der Waals surface area contributed by atoms with Crippen LogP contribution in [-0.4, -0.2) is 9.97 Å². The Labute approximate surface area is 115 Å². The topological polar surface area (TPSA) is 28.7 Å². The molecule has 0 spiro atoms. The predicted molar refractivity (Wildman–Crippen MR) is 78.6 cm³/mol. The van der Waals surface area contributed by atoms with E-state index in [1.54, 1.807) is 0 Å². The number of hydrogen-bond acceptors (Lipinski definition) is 1. The van der Waals surface area contributed by atoms with Crippen LogP contribution in [0.25, 0.3) is 11.3 Å². The van der Waals surface area contributed by atoms with Gasteiger partial charge in [0.15, 0.2) is 0 Å². The number of aromatic nitrogens is 2. The molecular weight excluding hydrogens is 232 g/mol. The summed E-state index contributed by atoms with van der Waals surface area (Å²) in [5.41, 5.74) is 2.21. The molecule has 1 saturated carbocycles. The summed E-state index contributed by atoms with van der Waals surface area (Å²) in [4.78, 5) is 7.93. The number of aromatic amines is 1. The molecule has 1 radical (unpaired) electrons. The van der Waals surface area contributed by atoms with E-state index in [9.17, 15) is 0 Å². The van der Waals surface area contributed by atoms with Gasteiger partial charge in [0.05, 0.1) is 5.69 Å². The molecule has 2 aromatic rings. The first-order valence-electron chi connectivity index (χ1n) is 7.36. The fraction of sp³-hybridized carbons (Fsp3) is 0.412. The lowest BCUT2D eigenvalue weighted by molar-refractivity contribution is 0.355. The normalized spacial score (nSPS) is 16.6. The molecule has 0 aliphatic heterocycles. The van der Waals surface area contributed by atoms with Crippen LogP contribution in [0.5, 0.6) is 0 Å². The van der Waals surface area contributed by atoms with E-state index in [0.29, 0.717) is 0 Å². The van der Waals surface area contributed by atoms with E-state index in [0.717, 1.165) is 17.4 Å². The summed E-state index contributed by atoms with van der Waals surface area (Å²) in [6.07, 6.45) is 12.5. The monoisotopic (exact) mass is 253 g/mol. The van der Waals surface area contributed by atoms with Crippen molar-refractivity contribution in [3.63, 3.8) is 0 Å². The second kappa shape index (κ2) is 6.05. The van der Waals surface area contributed by atoms with Crippen molar-refractivity contribution in [1.82, 2.24) is 9.97 Å². The fourth-order valence-electron chi connectivity index (χ4n) is 2.90. The van der Waals surface area contributed by atoms with Crippen LogP contribution in [0.2, 0.25) is 0 Å². The van der Waals surface area contributed by atoms with Crippen LogP contribution in [0.1, 0.15) is 44.3 Å². The lowest BCUT2D eigenvalue weighted by atomic mass is 9.86. The Balaban J connectivity index is 1.59. The average Bonchev–Trinajstić information content (AvgIpc) is 2.96. The molecule has 2 heteroatoms. The van der Waals surface area contributed by atoms with Crippen molar-refractivity contribution in [2.24, 2.45) is 5.92 Å². The molecule has 1 heterocycles. The molecule has 1 fully saturated rings. The molecule has 1 N–H and O–H groups in total. The van der Waals surface area contributed by atoms with E-state index in [1.165, 1.54) is 44.1 Å². The van der Waals surface area contributed by atoms with Crippen LogP contribution >= 0.6 is 0 Å². The van der Waals surface area contributed by atoms with Crippen molar-refractivity contribution in [2.75, 3.05) is 0 Å². The molecule has 3 rings (SSSR count). The average molecular weight is 253 g/mol. The Morgan fingerprint density at radius 3 is 2.68 bits per heavy atom. The minimum absolute atomic E-state index is 0.874. The van der Waals surface area contributed by atoms with Gasteiger partial charge in [0.25, 0.3) is 0 Å². The maximum absolute atomic E-state index is 4.65. The maximum Gasteiger partial charge on any atom is 0.110 e. The van der Waals surface area contributed by atoms with Gasteiger partial charge in [-0.05, 0) is 12.3 Å². The standard InChI is InChI=1S/C17H21N2/c1-3-7-14(8-4-1)11-12-17-18-13-16(19-17)15-9-5-2-6-10-15/h2,5-6,9-10,12-14H,1,3-4,7-8,11H2,(H,18,19). The minimum atomic E-state index is 0.874. The highest BCUT2D eigenvalue weighted by atomic mass is 14.9. The summed E-state index contributed by atoms with van der Waals surface area (Å²) in [7, 11) is 0. The molecule has 0 unspecified atom stereocenters. The largest absolute Gasteiger partial charge is 0.348 e. The maximum atomic E-state index is 4.65. The zero-order chi connectivity index (χ0) is 12.9. The number of rotatable bonds is 4. The van der Waals surface area contributed by atoms with E-state index >= 15 is 0 Å². The van der Waals surface area contributed by atoms with E-state index in [-0.39, 0.29) is 0 Å². The molecule has 2 nitrogen and oxygen atoms in total. The van der Waals surface area contributed by atoms with Crippen molar-refractivity contribution < 1.29 is 0 Å². The first kappa shape index (κ1) is 12.5. The fourth-order valence-corrected chi connectivity index (χ4v) is 2.90. The summed E-state index contributed by atoms with van der Waals surface area (Å²) in [5.74, 6) is 1.89. The van der Waals surface area contributed by atoms with E-state index < -0.39 is 0 Å². The number of H-pyrrole nitrogens is 1. The van der Waals surface area contributed by atoms with E-state index in [1.807, 2.05) is 12.3 Å². The highest BCUT2D eigenvalue weighted by Crippen LogP contribution is 2.28. The Morgan fingerprint density at radius 1 is 1.11 bits per heavy atom. The van der Waals surface area contributed by atoms with Crippen molar-refractivity contribution in [3.8, 4) is 11.3 Å². The lowest BCUT2D eigenvalue weighted by Crippen LogP contribution is -2.06. The van der Waals surface area contributed by atoms with Crippen molar-refractivity contribution in [2.45, 2.75) is 38.5 Å². The number of nitrogens with one attached hydrogen (secondary N) is 1. The quantitative estimate of drug-likeness (QED) is 0.847. The molecule has 1 aromatic heterocycles. The summed E-state index contributed by atoms with van der Waals surface area (Å²) in [6.45, 7) is 0. The second-order valence-electron chi connectivity index (χ2n) is 5.48. The van der Waals surface area contributed by atoms with Crippen LogP contribution in [0, 0.1) is 12.3 Å². The number of hydrogen-bond donors (Lipinski definition) is 1. The van der Waals surface area contributed by atoms with Crippen molar-refractivity contribution >= 4 is 0 Å². The zero-order valence-corrected chi connectivity index (χ0v) is 11.3. The van der Waals surface area contributed by atoms with Gasteiger partial charge < -0.3 is 4.98 Å². The van der Waals surface area contributed by atoms with Gasteiger partial charge in [-0.2, -0.15) is 0 Å². The molecule has 0 saturated heterocycles. The van der Waals surface area contributed by atoms with Gasteiger partial charge in [-0.15, -0.1) is 0 Å². The van der Waals surface area contributed by atoms with Gasteiger partial charge in [-0.1, -0.05) is 62.4 Å². The number of benzene rings is 1. The molecule has 1 aliphatic carbocycles. The highest BCUT2D eigenvalue weighted by molar-refractivity contribution is 5.58. The Bertz CT molecular complexity index is 495. The molecule has 19 heavy (non-hydrogen) atoms. The molecular formula is C17H21N2. The van der Waals surface area contributed by atoms with Gasteiger partial charge >= 0.3 is 0 Å². The van der Waals surface area contributed by atoms with Gasteiger partial charge in [0.2, 0.25) is 0 Å². The summed E-state index contributed by atoms with van der Waals surface area (Å²) < 4.78 is 0.